The van der Waals surface area contributed by atoms with E-state index in [4.69, 9.17) is 17.3 Å². The smallest absolute Gasteiger partial charge is 0.303 e. The topological polar surface area (TPSA) is 81.6 Å². The summed E-state index contributed by atoms with van der Waals surface area (Å²) < 4.78 is 0. The zero-order chi connectivity index (χ0) is 24.3. The molecule has 0 heterocycles. The Morgan fingerprint density at radius 3 is 2.52 bits per heavy atom. The van der Waals surface area contributed by atoms with Crippen LogP contribution in [0.5, 0.6) is 0 Å². The first-order valence-corrected chi connectivity index (χ1v) is 12.2. The maximum Gasteiger partial charge on any atom is 0.303 e. The van der Waals surface area contributed by atoms with Gasteiger partial charge in [-0.15, -0.1) is 0 Å². The molecule has 0 aromatic heterocycles. The molecular formula is C27H38N2O3S. The molecule has 2 atom stereocenters. The van der Waals surface area contributed by atoms with Crippen molar-refractivity contribution < 1.29 is 15.0 Å². The van der Waals surface area contributed by atoms with E-state index in [-0.39, 0.29) is 24.4 Å². The highest BCUT2D eigenvalue weighted by Gasteiger charge is 2.25. The Balaban J connectivity index is 2.05. The highest BCUT2D eigenvalue weighted by Crippen LogP contribution is 2.33. The fourth-order valence-corrected chi connectivity index (χ4v) is 4.57. The summed E-state index contributed by atoms with van der Waals surface area (Å²) in [4.78, 5) is 11.1. The molecule has 0 bridgehead atoms. The molecule has 2 aromatic carbocycles. The minimum Gasteiger partial charge on any atom is -0.481 e. The molecule has 180 valence electrons. The lowest BCUT2D eigenvalue weighted by Crippen LogP contribution is -2.34. The number of rotatable bonds is 13. The van der Waals surface area contributed by atoms with Crippen LogP contribution in [0.25, 0.3) is 0 Å². The van der Waals surface area contributed by atoms with E-state index in [1.54, 1.807) is 0 Å². The average molecular weight is 471 g/mol. The van der Waals surface area contributed by atoms with E-state index in [1.165, 1.54) is 5.56 Å². The lowest BCUT2D eigenvalue weighted by atomic mass is 9.76. The van der Waals surface area contributed by atoms with Crippen LogP contribution in [0.15, 0.2) is 48.5 Å². The molecule has 4 N–H and O–H groups in total. The van der Waals surface area contributed by atoms with Crippen LogP contribution >= 0.6 is 12.2 Å². The van der Waals surface area contributed by atoms with E-state index < -0.39 is 5.97 Å². The summed E-state index contributed by atoms with van der Waals surface area (Å²) in [5.41, 5.74) is 4.38. The van der Waals surface area contributed by atoms with Gasteiger partial charge in [-0.25, -0.2) is 0 Å². The lowest BCUT2D eigenvalue weighted by Gasteiger charge is -2.31. The van der Waals surface area contributed by atoms with Gasteiger partial charge in [0.25, 0.3) is 0 Å². The predicted molar refractivity (Wildman–Crippen MR) is 140 cm³/mol. The minimum atomic E-state index is -0.769. The third-order valence-electron chi connectivity index (χ3n) is 6.42. The molecule has 6 heteroatoms. The van der Waals surface area contributed by atoms with Crippen LogP contribution in [0.4, 0.5) is 5.69 Å². The van der Waals surface area contributed by atoms with Crippen molar-refractivity contribution in [2.45, 2.75) is 70.6 Å². The normalized spacial score (nSPS) is 13.7. The molecule has 2 unspecified atom stereocenters. The van der Waals surface area contributed by atoms with Crippen molar-refractivity contribution >= 4 is 29.0 Å². The van der Waals surface area contributed by atoms with Crippen LogP contribution in [0.3, 0.4) is 0 Å². The Morgan fingerprint density at radius 2 is 1.88 bits per heavy atom. The van der Waals surface area contributed by atoms with E-state index in [9.17, 15) is 9.90 Å². The van der Waals surface area contributed by atoms with E-state index >= 15 is 0 Å². The first kappa shape index (κ1) is 26.8. The monoisotopic (exact) mass is 470 g/mol. The van der Waals surface area contributed by atoms with E-state index in [2.05, 4.69) is 66.9 Å². The number of aliphatic carboxylic acids is 1. The van der Waals surface area contributed by atoms with Crippen LogP contribution in [0.1, 0.15) is 75.0 Å². The third-order valence-corrected chi connectivity index (χ3v) is 6.66. The summed E-state index contributed by atoms with van der Waals surface area (Å²) in [5.74, 6) is -0.609. The Bertz CT molecular complexity index is 903. The van der Waals surface area contributed by atoms with E-state index in [0.29, 0.717) is 18.1 Å². The van der Waals surface area contributed by atoms with Gasteiger partial charge < -0.3 is 20.8 Å². The van der Waals surface area contributed by atoms with E-state index in [0.717, 1.165) is 42.5 Å². The first-order chi connectivity index (χ1) is 15.8. The van der Waals surface area contributed by atoms with Gasteiger partial charge in [0.1, 0.15) is 0 Å². The maximum atomic E-state index is 11.1. The number of hydrogen-bond acceptors (Lipinski definition) is 3. The largest absolute Gasteiger partial charge is 0.481 e. The summed E-state index contributed by atoms with van der Waals surface area (Å²) in [5, 5.41) is 25.7. The van der Waals surface area contributed by atoms with Crippen molar-refractivity contribution in [1.29, 1.82) is 0 Å². The second kappa shape index (κ2) is 13.3. The molecule has 33 heavy (non-hydrogen) atoms. The number of anilines is 1. The van der Waals surface area contributed by atoms with E-state index in [1.807, 2.05) is 13.0 Å². The molecule has 0 fully saturated rings. The number of aliphatic hydroxyl groups excluding tert-OH is 1. The molecule has 0 aliphatic rings. The van der Waals surface area contributed by atoms with Gasteiger partial charge in [-0.3, -0.25) is 4.79 Å². The van der Waals surface area contributed by atoms with Gasteiger partial charge in [-0.05, 0) is 85.3 Å². The average Bonchev–Trinajstić information content (AvgIpc) is 2.79. The van der Waals surface area contributed by atoms with Crippen LogP contribution < -0.4 is 10.6 Å². The molecule has 0 aliphatic carbocycles. The van der Waals surface area contributed by atoms with Crippen molar-refractivity contribution in [2.24, 2.45) is 0 Å². The molecule has 0 saturated heterocycles. The Hall–Kier alpha value is -2.44. The molecule has 5 nitrogen and oxygen atoms in total. The van der Waals surface area contributed by atoms with Crippen molar-refractivity contribution in [1.82, 2.24) is 5.32 Å². The number of benzene rings is 2. The zero-order valence-electron chi connectivity index (χ0n) is 20.1. The van der Waals surface area contributed by atoms with Crippen LogP contribution in [0.2, 0.25) is 0 Å². The number of nitrogens with one attached hydrogen (secondary N) is 2. The molecule has 2 rings (SSSR count). The van der Waals surface area contributed by atoms with Gasteiger partial charge in [-0.1, -0.05) is 56.3 Å². The van der Waals surface area contributed by atoms with Crippen molar-refractivity contribution in [2.75, 3.05) is 18.5 Å². The summed E-state index contributed by atoms with van der Waals surface area (Å²) in [6.07, 6.45) is 4.17. The summed E-state index contributed by atoms with van der Waals surface area (Å²) in [6, 6.07) is 16.6. The van der Waals surface area contributed by atoms with Gasteiger partial charge in [-0.2, -0.15) is 0 Å². The molecule has 2 aromatic rings. The standard InChI is InChI=1S/C27H38N2O3S/c1-4-21(12-14-25(31)32)23-13-11-20(2)19-24(23)29-26(33)28-17-16-27(3,15-8-18-30)22-9-6-5-7-10-22/h5-7,9-11,13,19,21,30H,4,8,12,14-18H2,1-3H3,(H,31,32)(H2,28,29,33). The molecule has 0 spiro atoms. The van der Waals surface area contributed by atoms with Crippen LogP contribution in [-0.2, 0) is 10.2 Å². The molecule has 0 radical (unpaired) electrons. The Morgan fingerprint density at radius 1 is 1.15 bits per heavy atom. The van der Waals surface area contributed by atoms with Crippen molar-refractivity contribution in [3.8, 4) is 0 Å². The highest BCUT2D eigenvalue weighted by atomic mass is 32.1. The van der Waals surface area contributed by atoms with Gasteiger partial charge in [0.2, 0.25) is 0 Å². The second-order valence-corrected chi connectivity index (χ2v) is 9.42. The number of carboxylic acids is 1. The lowest BCUT2D eigenvalue weighted by molar-refractivity contribution is -0.137. The number of aryl methyl sites for hydroxylation is 1. The number of carbonyl (C=O) groups is 1. The minimum absolute atomic E-state index is 0.0504. The Kier molecular flexibility index (Phi) is 10.8. The summed E-state index contributed by atoms with van der Waals surface area (Å²) >= 11 is 5.60. The fourth-order valence-electron chi connectivity index (χ4n) is 4.35. The number of carboxylic acid groups (broad SMARTS) is 1. The van der Waals surface area contributed by atoms with Gasteiger partial charge in [0.15, 0.2) is 5.11 Å². The quantitative estimate of drug-likeness (QED) is 0.279. The number of aliphatic hydroxyl groups is 1. The van der Waals surface area contributed by atoms with Crippen molar-refractivity contribution in [3.05, 3.63) is 65.2 Å². The maximum absolute atomic E-state index is 11.1. The van der Waals surface area contributed by atoms with Gasteiger partial charge in [0.05, 0.1) is 0 Å². The predicted octanol–water partition coefficient (Wildman–Crippen LogP) is 5.76. The molecule has 0 amide bonds. The number of thiocarbonyl (C=S) groups is 1. The summed E-state index contributed by atoms with van der Waals surface area (Å²) in [7, 11) is 0. The second-order valence-electron chi connectivity index (χ2n) is 9.01. The van der Waals surface area contributed by atoms with Crippen LogP contribution in [0, 0.1) is 6.92 Å². The first-order valence-electron chi connectivity index (χ1n) is 11.8. The number of hydrogen-bond donors (Lipinski definition) is 4. The zero-order valence-corrected chi connectivity index (χ0v) is 20.9. The SMILES string of the molecule is CCC(CCC(=O)O)c1ccc(C)cc1NC(=S)NCCC(C)(CCCO)c1ccccc1. The molecular weight excluding hydrogens is 432 g/mol. The van der Waals surface area contributed by atoms with Gasteiger partial charge >= 0.3 is 5.97 Å². The Labute approximate surface area is 203 Å². The van der Waals surface area contributed by atoms with Crippen molar-refractivity contribution in [3.63, 3.8) is 0 Å². The molecule has 0 saturated carbocycles. The summed E-state index contributed by atoms with van der Waals surface area (Å²) in [6.45, 7) is 7.26. The van der Waals surface area contributed by atoms with Crippen LogP contribution in [-0.4, -0.2) is 34.4 Å². The molecule has 0 aliphatic heterocycles. The third kappa shape index (κ3) is 8.45. The highest BCUT2D eigenvalue weighted by molar-refractivity contribution is 7.80. The fraction of sp³-hybridized carbons (Fsp3) is 0.481. The van der Waals surface area contributed by atoms with Gasteiger partial charge in [0, 0.05) is 25.3 Å².